The molecular weight excluding hydrogens is 313 g/mol. The van der Waals surface area contributed by atoms with Gasteiger partial charge in [0.15, 0.2) is 0 Å². The minimum Gasteiger partial charge on any atom is -0.388 e. The lowest BCUT2D eigenvalue weighted by Gasteiger charge is -2.17. The summed E-state index contributed by atoms with van der Waals surface area (Å²) in [7, 11) is 0. The van der Waals surface area contributed by atoms with Crippen LogP contribution in [0.5, 0.6) is 0 Å². The number of aromatic nitrogens is 2. The van der Waals surface area contributed by atoms with Gasteiger partial charge >= 0.3 is 5.76 Å². The van der Waals surface area contributed by atoms with Crippen molar-refractivity contribution in [2.75, 3.05) is 0 Å². The maximum atomic E-state index is 13.0. The smallest absolute Gasteiger partial charge is 0.388 e. The number of nitrogens with zero attached hydrogens (tertiary/aromatic N) is 2. The summed E-state index contributed by atoms with van der Waals surface area (Å²) in [5.41, 5.74) is 0.487. The van der Waals surface area contributed by atoms with Gasteiger partial charge in [-0.25, -0.2) is 9.18 Å². The van der Waals surface area contributed by atoms with Crippen molar-refractivity contribution >= 4 is 5.91 Å². The van der Waals surface area contributed by atoms with Gasteiger partial charge in [0, 0.05) is 11.6 Å². The van der Waals surface area contributed by atoms with Crippen molar-refractivity contribution in [3.05, 3.63) is 40.6 Å². The van der Waals surface area contributed by atoms with E-state index in [9.17, 15) is 14.0 Å². The van der Waals surface area contributed by atoms with E-state index in [1.165, 1.54) is 49.9 Å². The van der Waals surface area contributed by atoms with Crippen LogP contribution in [0.3, 0.4) is 0 Å². The Balaban J connectivity index is 1.45. The third kappa shape index (κ3) is 3.25. The number of carbonyl (C=O) groups is 1. The van der Waals surface area contributed by atoms with Crippen molar-refractivity contribution < 1.29 is 13.6 Å². The summed E-state index contributed by atoms with van der Waals surface area (Å²) < 4.78 is 19.0. The van der Waals surface area contributed by atoms with Crippen LogP contribution in [0.2, 0.25) is 0 Å². The molecule has 0 unspecified atom stereocenters. The molecule has 1 heterocycles. The maximum Gasteiger partial charge on any atom is 0.437 e. The lowest BCUT2D eigenvalue weighted by molar-refractivity contribution is -0.123. The van der Waals surface area contributed by atoms with Gasteiger partial charge in [0.2, 0.25) is 11.8 Å². The fourth-order valence-electron chi connectivity index (χ4n) is 3.01. The predicted molar refractivity (Wildman–Crippen MR) is 83.5 cm³/mol. The molecule has 2 fully saturated rings. The van der Waals surface area contributed by atoms with E-state index in [0.29, 0.717) is 17.4 Å². The summed E-state index contributed by atoms with van der Waals surface area (Å²) in [6.07, 6.45) is 4.67. The lowest BCUT2D eigenvalue weighted by atomic mass is 10.1. The van der Waals surface area contributed by atoms with E-state index in [1.54, 1.807) is 0 Å². The third-order valence-corrected chi connectivity index (χ3v) is 4.58. The zero-order valence-electron chi connectivity index (χ0n) is 13.1. The number of hydrogen-bond acceptors (Lipinski definition) is 4. The molecule has 0 spiro atoms. The Morgan fingerprint density at radius 3 is 2.46 bits per heavy atom. The number of carbonyl (C=O) groups excluding carboxylic acids is 1. The quantitative estimate of drug-likeness (QED) is 0.878. The molecule has 4 rings (SSSR count). The average Bonchev–Trinajstić information content (AvgIpc) is 3.46. The Morgan fingerprint density at radius 2 is 1.88 bits per heavy atom. The Labute approximate surface area is 137 Å². The first-order valence-electron chi connectivity index (χ1n) is 8.23. The molecule has 0 bridgehead atoms. The molecule has 24 heavy (non-hydrogen) atoms. The molecule has 7 heteroatoms. The predicted octanol–water partition coefficient (Wildman–Crippen LogP) is 1.95. The van der Waals surface area contributed by atoms with Gasteiger partial charge in [-0.3, -0.25) is 4.79 Å². The first-order chi connectivity index (χ1) is 11.6. The van der Waals surface area contributed by atoms with Crippen LogP contribution in [0.25, 0.3) is 11.5 Å². The fourth-order valence-corrected chi connectivity index (χ4v) is 3.01. The number of nitrogens with one attached hydrogen (secondary N) is 1. The Kier molecular flexibility index (Phi) is 3.70. The number of benzene rings is 1. The largest absolute Gasteiger partial charge is 0.437 e. The van der Waals surface area contributed by atoms with Gasteiger partial charge in [0.1, 0.15) is 12.4 Å². The van der Waals surface area contributed by atoms with Gasteiger partial charge in [-0.1, -0.05) is 0 Å². The Bertz CT molecular complexity index is 791. The number of halogens is 1. The number of amides is 1. The second kappa shape index (κ2) is 5.89. The highest BCUT2D eigenvalue weighted by Gasteiger charge is 2.42. The van der Waals surface area contributed by atoms with Crippen molar-refractivity contribution in [3.8, 4) is 11.5 Å². The summed E-state index contributed by atoms with van der Waals surface area (Å²) in [6, 6.07) is 5.70. The number of rotatable bonds is 6. The zero-order valence-corrected chi connectivity index (χ0v) is 13.1. The van der Waals surface area contributed by atoms with E-state index in [2.05, 4.69) is 10.4 Å². The molecule has 0 radical (unpaired) electrons. The van der Waals surface area contributed by atoms with Crippen LogP contribution in [0.4, 0.5) is 4.39 Å². The van der Waals surface area contributed by atoms with Crippen LogP contribution in [0.1, 0.15) is 25.7 Å². The minimum atomic E-state index is -0.695. The Hall–Kier alpha value is -2.44. The van der Waals surface area contributed by atoms with E-state index >= 15 is 0 Å². The molecule has 1 N–H and O–H groups in total. The van der Waals surface area contributed by atoms with Crippen molar-refractivity contribution in [2.45, 2.75) is 38.3 Å². The fraction of sp³-hybridized carbons (Fsp3) is 0.471. The molecule has 2 aromatic rings. The monoisotopic (exact) mass is 331 g/mol. The van der Waals surface area contributed by atoms with Gasteiger partial charge in [0.25, 0.3) is 0 Å². The zero-order chi connectivity index (χ0) is 16.7. The second-order valence-corrected chi connectivity index (χ2v) is 6.61. The van der Waals surface area contributed by atoms with Crippen LogP contribution < -0.4 is 11.1 Å². The lowest BCUT2D eigenvalue weighted by Crippen LogP contribution is -2.41. The highest BCUT2D eigenvalue weighted by molar-refractivity contribution is 5.76. The first kappa shape index (κ1) is 15.1. The SMILES string of the molecule is O=C(Cn1nc(-c2ccc(F)cc2)oc1=O)NC(C1CC1)C1CC1. The molecule has 0 atom stereocenters. The van der Waals surface area contributed by atoms with Crippen LogP contribution in [-0.4, -0.2) is 21.7 Å². The molecule has 1 amide bonds. The highest BCUT2D eigenvalue weighted by atomic mass is 19.1. The van der Waals surface area contributed by atoms with Crippen LogP contribution in [-0.2, 0) is 11.3 Å². The Morgan fingerprint density at radius 1 is 1.25 bits per heavy atom. The topological polar surface area (TPSA) is 77.1 Å². The van der Waals surface area contributed by atoms with Gasteiger partial charge in [0.05, 0.1) is 0 Å². The van der Waals surface area contributed by atoms with Gasteiger partial charge in [-0.2, -0.15) is 4.68 Å². The van der Waals surface area contributed by atoms with E-state index in [1.807, 2.05) is 0 Å². The molecular formula is C17H18FN3O3. The summed E-state index contributed by atoms with van der Waals surface area (Å²) >= 11 is 0. The van der Waals surface area contributed by atoms with Crippen molar-refractivity contribution in [3.63, 3.8) is 0 Å². The van der Waals surface area contributed by atoms with E-state index in [0.717, 1.165) is 4.68 Å². The molecule has 2 saturated carbocycles. The van der Waals surface area contributed by atoms with Crippen LogP contribution in [0.15, 0.2) is 33.5 Å². The van der Waals surface area contributed by atoms with E-state index in [-0.39, 0.29) is 30.2 Å². The third-order valence-electron chi connectivity index (χ3n) is 4.58. The van der Waals surface area contributed by atoms with Crippen LogP contribution >= 0.6 is 0 Å². The molecule has 126 valence electrons. The second-order valence-electron chi connectivity index (χ2n) is 6.61. The normalized spacial score (nSPS) is 17.2. The summed E-state index contributed by atoms with van der Waals surface area (Å²) in [5.74, 6) is -0.0472. The molecule has 0 aliphatic heterocycles. The summed E-state index contributed by atoms with van der Waals surface area (Å²) in [6.45, 7) is -0.167. The highest BCUT2D eigenvalue weighted by Crippen LogP contribution is 2.44. The molecule has 1 aromatic heterocycles. The maximum absolute atomic E-state index is 13.0. The van der Waals surface area contributed by atoms with E-state index in [4.69, 9.17) is 4.42 Å². The number of hydrogen-bond donors (Lipinski definition) is 1. The molecule has 6 nitrogen and oxygen atoms in total. The van der Waals surface area contributed by atoms with Crippen molar-refractivity contribution in [2.24, 2.45) is 11.8 Å². The first-order valence-corrected chi connectivity index (χ1v) is 8.23. The minimum absolute atomic E-state index is 0.0775. The van der Waals surface area contributed by atoms with Crippen molar-refractivity contribution in [1.29, 1.82) is 0 Å². The molecule has 1 aromatic carbocycles. The summed E-state index contributed by atoms with van der Waals surface area (Å²) in [4.78, 5) is 24.1. The van der Waals surface area contributed by atoms with Gasteiger partial charge < -0.3 is 9.73 Å². The standard InChI is InChI=1S/C17H18FN3O3/c18-13-7-5-12(6-8-13)16-20-21(17(23)24-16)9-14(22)19-15(10-1-2-10)11-3-4-11/h5-8,10-11,15H,1-4,9H2,(H,19,22). The van der Waals surface area contributed by atoms with Gasteiger partial charge in [-0.05, 0) is 61.8 Å². The molecule has 2 aliphatic rings. The van der Waals surface area contributed by atoms with Crippen LogP contribution in [0, 0.1) is 17.7 Å². The molecule has 0 saturated heterocycles. The van der Waals surface area contributed by atoms with Gasteiger partial charge in [-0.15, -0.1) is 5.10 Å². The molecule has 2 aliphatic carbocycles. The van der Waals surface area contributed by atoms with E-state index < -0.39 is 5.76 Å². The van der Waals surface area contributed by atoms with Crippen molar-refractivity contribution in [1.82, 2.24) is 15.1 Å². The summed E-state index contributed by atoms with van der Waals surface area (Å²) in [5, 5.41) is 7.08. The average molecular weight is 331 g/mol.